The second-order valence-electron chi connectivity index (χ2n) is 9.18. The van der Waals surface area contributed by atoms with Gasteiger partial charge in [-0.3, -0.25) is 4.98 Å². The van der Waals surface area contributed by atoms with Crippen LogP contribution in [0.2, 0.25) is 0 Å². The summed E-state index contributed by atoms with van der Waals surface area (Å²) in [6, 6.07) is 12.0. The molecule has 7 heteroatoms. The molecule has 0 bridgehead atoms. The van der Waals surface area contributed by atoms with Gasteiger partial charge in [0.15, 0.2) is 0 Å². The Hall–Kier alpha value is -3.74. The molecular weight excluding hydrogens is 426 g/mol. The fourth-order valence-electron chi connectivity index (χ4n) is 4.19. The first-order valence-electron chi connectivity index (χ1n) is 11.8. The molecule has 1 atom stereocenters. The van der Waals surface area contributed by atoms with Crippen molar-refractivity contribution in [3.05, 3.63) is 77.4 Å². The lowest BCUT2D eigenvalue weighted by atomic mass is 9.91. The van der Waals surface area contributed by atoms with Crippen molar-refractivity contribution in [2.75, 3.05) is 18.4 Å². The Labute approximate surface area is 199 Å². The second-order valence-corrected chi connectivity index (χ2v) is 9.18. The molecule has 1 saturated carbocycles. The van der Waals surface area contributed by atoms with Crippen LogP contribution in [-0.4, -0.2) is 39.0 Å². The van der Waals surface area contributed by atoms with E-state index in [1.165, 1.54) is 24.0 Å². The number of carbonyl (C=O) groups is 1. The Kier molecular flexibility index (Phi) is 6.25. The van der Waals surface area contributed by atoms with Gasteiger partial charge < -0.3 is 15.0 Å². The maximum absolute atomic E-state index is 12.7. The molecule has 1 aromatic carbocycles. The van der Waals surface area contributed by atoms with Gasteiger partial charge in [0.05, 0.1) is 11.9 Å². The minimum Gasteiger partial charge on any atom is -0.424 e. The van der Waals surface area contributed by atoms with E-state index in [-0.39, 0.29) is 11.9 Å². The summed E-state index contributed by atoms with van der Waals surface area (Å²) in [6.45, 7) is 5.44. The largest absolute Gasteiger partial charge is 0.424 e. The highest BCUT2D eigenvalue weighted by atomic mass is 16.5. The quantitative estimate of drug-likeness (QED) is 0.525. The molecule has 0 spiro atoms. The van der Waals surface area contributed by atoms with Crippen LogP contribution in [0.25, 0.3) is 6.08 Å². The molecule has 5 rings (SSSR count). The molecule has 1 aliphatic carbocycles. The molecule has 2 fully saturated rings. The summed E-state index contributed by atoms with van der Waals surface area (Å²) in [6.07, 6.45) is 10.9. The van der Waals surface area contributed by atoms with Gasteiger partial charge in [-0.25, -0.2) is 14.8 Å². The summed E-state index contributed by atoms with van der Waals surface area (Å²) in [5.41, 5.74) is 5.22. The lowest BCUT2D eigenvalue weighted by Crippen LogP contribution is -2.42. The molecule has 3 aromatic rings. The normalized spacial score (nSPS) is 19.2. The summed E-state index contributed by atoms with van der Waals surface area (Å²) in [4.78, 5) is 27.5. The van der Waals surface area contributed by atoms with Gasteiger partial charge in [0.25, 0.3) is 0 Å². The van der Waals surface area contributed by atoms with Crippen LogP contribution in [0.15, 0.2) is 60.6 Å². The maximum atomic E-state index is 12.7. The number of likely N-dealkylation sites (tertiary alicyclic amines) is 1. The van der Waals surface area contributed by atoms with E-state index >= 15 is 0 Å². The van der Waals surface area contributed by atoms with Crippen LogP contribution >= 0.6 is 0 Å². The van der Waals surface area contributed by atoms with E-state index in [1.54, 1.807) is 6.20 Å². The number of benzene rings is 1. The predicted octanol–water partition coefficient (Wildman–Crippen LogP) is 5.81. The number of amides is 2. The van der Waals surface area contributed by atoms with Crippen molar-refractivity contribution in [3.8, 4) is 11.8 Å². The first-order valence-corrected chi connectivity index (χ1v) is 11.8. The number of aryl methyl sites for hydroxylation is 1. The number of ether oxygens (including phenoxy) is 1. The number of nitrogens with one attached hydrogen (secondary N) is 1. The standard InChI is InChI=1S/C27H29N5O2/c1-18-17-32(27(33)31-24-9-6-19(2)28-16-24)11-10-22(18)12-20-4-3-5-25(13-20)34-26-29-14-23(15-30-26)21-7-8-21/h3-6,9,12-16,18,21H,7-8,10-11,17H2,1-2H3,(H,31,33)/b22-12+. The fourth-order valence-corrected chi connectivity index (χ4v) is 4.19. The van der Waals surface area contributed by atoms with E-state index in [9.17, 15) is 4.79 Å². The van der Waals surface area contributed by atoms with E-state index in [1.807, 2.05) is 54.5 Å². The van der Waals surface area contributed by atoms with Crippen molar-refractivity contribution >= 4 is 17.8 Å². The van der Waals surface area contributed by atoms with Crippen LogP contribution in [0.4, 0.5) is 10.5 Å². The molecule has 174 valence electrons. The van der Waals surface area contributed by atoms with Gasteiger partial charge in [0.2, 0.25) is 0 Å². The number of hydrogen-bond acceptors (Lipinski definition) is 5. The first-order chi connectivity index (χ1) is 16.5. The summed E-state index contributed by atoms with van der Waals surface area (Å²) in [5.74, 6) is 1.60. The third kappa shape index (κ3) is 5.42. The number of pyridine rings is 1. The molecule has 1 N–H and O–H groups in total. The van der Waals surface area contributed by atoms with Gasteiger partial charge in [0.1, 0.15) is 5.75 Å². The van der Waals surface area contributed by atoms with Gasteiger partial charge >= 0.3 is 12.0 Å². The number of rotatable bonds is 5. The van der Waals surface area contributed by atoms with E-state index in [4.69, 9.17) is 4.74 Å². The molecule has 0 radical (unpaired) electrons. The average Bonchev–Trinajstić information content (AvgIpc) is 3.68. The number of anilines is 1. The Morgan fingerprint density at radius 1 is 1.12 bits per heavy atom. The zero-order valence-corrected chi connectivity index (χ0v) is 19.6. The molecule has 1 saturated heterocycles. The van der Waals surface area contributed by atoms with Crippen molar-refractivity contribution in [2.45, 2.75) is 39.0 Å². The van der Waals surface area contributed by atoms with E-state index < -0.39 is 0 Å². The van der Waals surface area contributed by atoms with Crippen LogP contribution in [0.3, 0.4) is 0 Å². The third-order valence-corrected chi connectivity index (χ3v) is 6.36. The second kappa shape index (κ2) is 9.63. The Morgan fingerprint density at radius 2 is 1.94 bits per heavy atom. The lowest BCUT2D eigenvalue weighted by molar-refractivity contribution is 0.198. The number of carbonyl (C=O) groups excluding carboxylic acids is 1. The van der Waals surface area contributed by atoms with Crippen molar-refractivity contribution in [1.82, 2.24) is 19.9 Å². The Balaban J connectivity index is 1.20. The van der Waals surface area contributed by atoms with E-state index in [0.29, 0.717) is 36.5 Å². The Morgan fingerprint density at radius 3 is 2.65 bits per heavy atom. The van der Waals surface area contributed by atoms with Crippen molar-refractivity contribution in [3.63, 3.8) is 0 Å². The van der Waals surface area contributed by atoms with Gasteiger partial charge in [-0.15, -0.1) is 0 Å². The molecule has 7 nitrogen and oxygen atoms in total. The summed E-state index contributed by atoms with van der Waals surface area (Å²) in [5, 5.41) is 2.94. The zero-order valence-electron chi connectivity index (χ0n) is 19.6. The molecule has 1 unspecified atom stereocenters. The highest BCUT2D eigenvalue weighted by Crippen LogP contribution is 2.39. The van der Waals surface area contributed by atoms with Gasteiger partial charge in [-0.05, 0) is 73.4 Å². The highest BCUT2D eigenvalue weighted by molar-refractivity contribution is 5.89. The van der Waals surface area contributed by atoms with Crippen molar-refractivity contribution < 1.29 is 9.53 Å². The molecule has 2 amide bonds. The Bertz CT molecular complexity index is 1190. The highest BCUT2D eigenvalue weighted by Gasteiger charge is 2.25. The number of aromatic nitrogens is 3. The first kappa shape index (κ1) is 22.1. The molecule has 2 aromatic heterocycles. The van der Waals surface area contributed by atoms with Crippen LogP contribution in [0.5, 0.6) is 11.8 Å². The molecule has 34 heavy (non-hydrogen) atoms. The van der Waals surface area contributed by atoms with Gasteiger partial charge in [-0.1, -0.05) is 30.7 Å². The van der Waals surface area contributed by atoms with Crippen LogP contribution in [0, 0.1) is 12.8 Å². The summed E-state index contributed by atoms with van der Waals surface area (Å²) >= 11 is 0. The zero-order chi connectivity index (χ0) is 23.5. The topological polar surface area (TPSA) is 80.2 Å². The minimum atomic E-state index is -0.0837. The summed E-state index contributed by atoms with van der Waals surface area (Å²) < 4.78 is 5.88. The minimum absolute atomic E-state index is 0.0837. The number of nitrogens with zero attached hydrogens (tertiary/aromatic N) is 4. The van der Waals surface area contributed by atoms with Crippen molar-refractivity contribution in [1.29, 1.82) is 0 Å². The van der Waals surface area contributed by atoms with Crippen LogP contribution < -0.4 is 10.1 Å². The monoisotopic (exact) mass is 455 g/mol. The number of piperidine rings is 1. The average molecular weight is 456 g/mol. The summed E-state index contributed by atoms with van der Waals surface area (Å²) in [7, 11) is 0. The lowest BCUT2D eigenvalue weighted by Gasteiger charge is -2.33. The maximum Gasteiger partial charge on any atom is 0.321 e. The van der Waals surface area contributed by atoms with Crippen LogP contribution in [-0.2, 0) is 0 Å². The third-order valence-electron chi connectivity index (χ3n) is 6.36. The van der Waals surface area contributed by atoms with E-state index in [2.05, 4.69) is 39.3 Å². The van der Waals surface area contributed by atoms with E-state index in [0.717, 1.165) is 17.7 Å². The molecular formula is C27H29N5O2. The van der Waals surface area contributed by atoms with Crippen molar-refractivity contribution in [2.24, 2.45) is 5.92 Å². The van der Waals surface area contributed by atoms with Gasteiger partial charge in [-0.2, -0.15) is 0 Å². The van der Waals surface area contributed by atoms with Crippen LogP contribution in [0.1, 0.15) is 48.9 Å². The smallest absolute Gasteiger partial charge is 0.321 e. The fraction of sp³-hybridized carbons (Fsp3) is 0.333. The number of hydrogen-bond donors (Lipinski definition) is 1. The predicted molar refractivity (Wildman–Crippen MR) is 132 cm³/mol. The SMILES string of the molecule is Cc1ccc(NC(=O)N2CC/C(=C\c3cccc(Oc4ncc(C5CC5)cn4)c3)C(C)C2)cn1. The number of urea groups is 1. The molecule has 1 aliphatic heterocycles. The van der Waals surface area contributed by atoms with Gasteiger partial charge in [0, 0.05) is 31.2 Å². The molecule has 2 aliphatic rings. The molecule has 3 heterocycles.